The minimum Gasteiger partial charge on any atom is -0.465 e. The van der Waals surface area contributed by atoms with Crippen molar-refractivity contribution in [2.75, 3.05) is 13.2 Å². The van der Waals surface area contributed by atoms with Crippen LogP contribution in [0, 0.1) is 12.8 Å². The SMILES string of the molecule is CCOC(=O)C(C(=O)OCC)[C@@H](c1ccc(C)cc1)c1c[nH]c2ccccc12. The van der Waals surface area contributed by atoms with E-state index in [4.69, 9.17) is 9.47 Å². The number of carbonyl (C=O) groups excluding carboxylic acids is 2. The van der Waals surface area contributed by atoms with Crippen LogP contribution in [0.15, 0.2) is 54.7 Å². The van der Waals surface area contributed by atoms with Crippen molar-refractivity contribution in [2.24, 2.45) is 5.92 Å². The summed E-state index contributed by atoms with van der Waals surface area (Å²) in [5.41, 5.74) is 3.78. The fourth-order valence-corrected chi connectivity index (χ4v) is 3.51. The van der Waals surface area contributed by atoms with Crippen molar-refractivity contribution in [3.63, 3.8) is 0 Å². The second kappa shape index (κ2) is 8.74. The van der Waals surface area contributed by atoms with Crippen LogP contribution in [-0.2, 0) is 19.1 Å². The summed E-state index contributed by atoms with van der Waals surface area (Å²) in [6, 6.07) is 15.7. The van der Waals surface area contributed by atoms with Crippen LogP contribution < -0.4 is 0 Å². The van der Waals surface area contributed by atoms with Crippen molar-refractivity contribution in [3.8, 4) is 0 Å². The van der Waals surface area contributed by atoms with Gasteiger partial charge in [-0.05, 0) is 38.0 Å². The molecule has 3 rings (SSSR count). The van der Waals surface area contributed by atoms with Gasteiger partial charge in [0.05, 0.1) is 13.2 Å². The Hall–Kier alpha value is -3.08. The maximum atomic E-state index is 12.8. The van der Waals surface area contributed by atoms with E-state index in [0.29, 0.717) is 0 Å². The van der Waals surface area contributed by atoms with Crippen LogP contribution in [0.25, 0.3) is 10.9 Å². The Morgan fingerprint density at radius 1 is 0.929 bits per heavy atom. The Labute approximate surface area is 164 Å². The van der Waals surface area contributed by atoms with Gasteiger partial charge in [0, 0.05) is 23.0 Å². The first-order valence-corrected chi connectivity index (χ1v) is 9.52. The van der Waals surface area contributed by atoms with Crippen LogP contribution in [0.2, 0.25) is 0 Å². The molecule has 0 saturated heterocycles. The number of esters is 2. The molecule has 1 aromatic heterocycles. The molecule has 0 unspecified atom stereocenters. The molecular weight excluding hydrogens is 354 g/mol. The van der Waals surface area contributed by atoms with E-state index in [9.17, 15) is 9.59 Å². The molecule has 0 saturated carbocycles. The van der Waals surface area contributed by atoms with Crippen molar-refractivity contribution in [1.82, 2.24) is 4.98 Å². The average Bonchev–Trinajstić information content (AvgIpc) is 3.11. The zero-order valence-corrected chi connectivity index (χ0v) is 16.4. The smallest absolute Gasteiger partial charge is 0.321 e. The van der Waals surface area contributed by atoms with Gasteiger partial charge in [-0.1, -0.05) is 48.0 Å². The molecule has 0 radical (unpaired) electrons. The summed E-state index contributed by atoms with van der Waals surface area (Å²) in [5.74, 6) is -2.75. The van der Waals surface area contributed by atoms with Gasteiger partial charge in [-0.25, -0.2) is 0 Å². The Kier molecular flexibility index (Phi) is 6.14. The van der Waals surface area contributed by atoms with E-state index < -0.39 is 23.8 Å². The monoisotopic (exact) mass is 379 g/mol. The number of nitrogens with one attached hydrogen (secondary N) is 1. The third-order valence-corrected chi connectivity index (χ3v) is 4.81. The number of para-hydroxylation sites is 1. The molecule has 0 aliphatic heterocycles. The molecular formula is C23H25NO4. The lowest BCUT2D eigenvalue weighted by Gasteiger charge is -2.25. The summed E-state index contributed by atoms with van der Waals surface area (Å²) in [5, 5.41) is 0.965. The topological polar surface area (TPSA) is 68.4 Å². The Bertz CT molecular complexity index is 940. The van der Waals surface area contributed by atoms with Crippen molar-refractivity contribution in [1.29, 1.82) is 0 Å². The van der Waals surface area contributed by atoms with E-state index in [1.54, 1.807) is 13.8 Å². The van der Waals surface area contributed by atoms with Gasteiger partial charge in [-0.3, -0.25) is 9.59 Å². The second-order valence-electron chi connectivity index (χ2n) is 6.66. The fourth-order valence-electron chi connectivity index (χ4n) is 3.51. The number of ether oxygens (including phenoxy) is 2. The second-order valence-corrected chi connectivity index (χ2v) is 6.66. The van der Waals surface area contributed by atoms with Crippen LogP contribution in [0.5, 0.6) is 0 Å². The van der Waals surface area contributed by atoms with Crippen LogP contribution in [0.3, 0.4) is 0 Å². The number of H-pyrrole nitrogens is 1. The molecule has 1 heterocycles. The number of fused-ring (bicyclic) bond motifs is 1. The summed E-state index contributed by atoms with van der Waals surface area (Å²) in [7, 11) is 0. The lowest BCUT2D eigenvalue weighted by molar-refractivity contribution is -0.162. The summed E-state index contributed by atoms with van der Waals surface area (Å²) < 4.78 is 10.5. The number of hydrogen-bond donors (Lipinski definition) is 1. The van der Waals surface area contributed by atoms with Crippen molar-refractivity contribution < 1.29 is 19.1 Å². The minimum atomic E-state index is -1.08. The van der Waals surface area contributed by atoms with Crippen LogP contribution in [0.4, 0.5) is 0 Å². The number of rotatable bonds is 7. The molecule has 2 aromatic carbocycles. The number of aromatic amines is 1. The summed E-state index contributed by atoms with van der Waals surface area (Å²) >= 11 is 0. The van der Waals surface area contributed by atoms with Crippen molar-refractivity contribution in [2.45, 2.75) is 26.7 Å². The molecule has 1 N–H and O–H groups in total. The number of aryl methyl sites for hydroxylation is 1. The first kappa shape index (κ1) is 19.7. The number of hydrogen-bond acceptors (Lipinski definition) is 4. The van der Waals surface area contributed by atoms with Gasteiger partial charge in [0.25, 0.3) is 0 Å². The average molecular weight is 379 g/mol. The van der Waals surface area contributed by atoms with Crippen molar-refractivity contribution >= 4 is 22.8 Å². The van der Waals surface area contributed by atoms with E-state index in [2.05, 4.69) is 4.98 Å². The van der Waals surface area contributed by atoms with Gasteiger partial charge in [0.1, 0.15) is 0 Å². The van der Waals surface area contributed by atoms with Gasteiger partial charge >= 0.3 is 11.9 Å². The minimum absolute atomic E-state index is 0.198. The maximum absolute atomic E-state index is 12.8. The van der Waals surface area contributed by atoms with Crippen LogP contribution >= 0.6 is 0 Å². The van der Waals surface area contributed by atoms with E-state index in [-0.39, 0.29) is 13.2 Å². The molecule has 0 aliphatic rings. The molecule has 5 nitrogen and oxygen atoms in total. The molecule has 3 aromatic rings. The molecule has 0 bridgehead atoms. The third-order valence-electron chi connectivity index (χ3n) is 4.81. The van der Waals surface area contributed by atoms with E-state index >= 15 is 0 Å². The number of benzene rings is 2. The van der Waals surface area contributed by atoms with Crippen LogP contribution in [-0.4, -0.2) is 30.1 Å². The molecule has 146 valence electrons. The lowest BCUT2D eigenvalue weighted by Crippen LogP contribution is -2.34. The normalized spacial score (nSPS) is 12.1. The highest BCUT2D eigenvalue weighted by Gasteiger charge is 2.40. The highest BCUT2D eigenvalue weighted by molar-refractivity contribution is 5.98. The first-order valence-electron chi connectivity index (χ1n) is 9.52. The van der Waals surface area contributed by atoms with E-state index in [1.165, 1.54) is 0 Å². The predicted octanol–water partition coefficient (Wildman–Crippen LogP) is 4.35. The van der Waals surface area contributed by atoms with Gasteiger partial charge < -0.3 is 14.5 Å². The fraction of sp³-hybridized carbons (Fsp3) is 0.304. The largest absolute Gasteiger partial charge is 0.465 e. The Morgan fingerprint density at radius 2 is 1.54 bits per heavy atom. The Balaban J connectivity index is 2.19. The predicted molar refractivity (Wildman–Crippen MR) is 108 cm³/mol. The van der Waals surface area contributed by atoms with Gasteiger partial charge in [-0.2, -0.15) is 0 Å². The van der Waals surface area contributed by atoms with Gasteiger partial charge in [-0.15, -0.1) is 0 Å². The third kappa shape index (κ3) is 3.93. The summed E-state index contributed by atoms with van der Waals surface area (Å²) in [6.45, 7) is 5.85. The molecule has 0 spiro atoms. The molecule has 5 heteroatoms. The van der Waals surface area contributed by atoms with E-state index in [1.807, 2.05) is 61.7 Å². The molecule has 0 fully saturated rings. The molecule has 0 amide bonds. The lowest BCUT2D eigenvalue weighted by atomic mass is 9.80. The Morgan fingerprint density at radius 3 is 2.14 bits per heavy atom. The highest BCUT2D eigenvalue weighted by atomic mass is 16.6. The number of carbonyl (C=O) groups is 2. The summed E-state index contributed by atoms with van der Waals surface area (Å²) in [6.07, 6.45) is 1.86. The molecule has 28 heavy (non-hydrogen) atoms. The van der Waals surface area contributed by atoms with Crippen molar-refractivity contribution in [3.05, 3.63) is 71.4 Å². The van der Waals surface area contributed by atoms with Gasteiger partial charge in [0.15, 0.2) is 5.92 Å². The standard InChI is InChI=1S/C23H25NO4/c1-4-27-22(25)21(23(26)28-5-2)20(16-12-10-15(3)11-13-16)18-14-24-19-9-7-6-8-17(18)19/h6-14,20-21,24H,4-5H2,1-3H3/t20-/m0/s1. The zero-order chi connectivity index (χ0) is 20.1. The number of aromatic nitrogens is 1. The maximum Gasteiger partial charge on any atom is 0.321 e. The highest BCUT2D eigenvalue weighted by Crippen LogP contribution is 2.38. The van der Waals surface area contributed by atoms with Gasteiger partial charge in [0.2, 0.25) is 0 Å². The van der Waals surface area contributed by atoms with E-state index in [0.717, 1.165) is 27.6 Å². The quantitative estimate of drug-likeness (QED) is 0.489. The molecule has 0 aliphatic carbocycles. The van der Waals surface area contributed by atoms with Crippen LogP contribution in [0.1, 0.15) is 36.5 Å². The zero-order valence-electron chi connectivity index (χ0n) is 16.4. The molecule has 1 atom stereocenters. The summed E-state index contributed by atoms with van der Waals surface area (Å²) in [4.78, 5) is 28.9. The first-order chi connectivity index (χ1) is 13.6.